The predicted molar refractivity (Wildman–Crippen MR) is 77.5 cm³/mol. The van der Waals surface area contributed by atoms with Crippen LogP contribution >= 0.6 is 11.3 Å². The van der Waals surface area contributed by atoms with Gasteiger partial charge in [0.05, 0.1) is 18.7 Å². The lowest BCUT2D eigenvalue weighted by Gasteiger charge is -2.21. The smallest absolute Gasteiger partial charge is 0.132 e. The van der Waals surface area contributed by atoms with E-state index in [9.17, 15) is 4.39 Å². The Hall–Kier alpha value is -1.39. The molecule has 0 amide bonds. The molecule has 1 atom stereocenters. The SMILES string of the molecule is CCNC(c1sccc1C)c1c(F)cccc1OC. The monoisotopic (exact) mass is 279 g/mol. The Labute approximate surface area is 117 Å². The first-order valence-electron chi connectivity index (χ1n) is 6.28. The Kier molecular flexibility index (Phi) is 4.56. The number of halogens is 1. The molecule has 0 bridgehead atoms. The van der Waals surface area contributed by atoms with Gasteiger partial charge in [-0.05, 0) is 42.6 Å². The lowest BCUT2D eigenvalue weighted by atomic mass is 10.0. The van der Waals surface area contributed by atoms with Crippen molar-refractivity contribution in [2.45, 2.75) is 19.9 Å². The van der Waals surface area contributed by atoms with E-state index in [0.29, 0.717) is 11.3 Å². The third-order valence-corrected chi connectivity index (χ3v) is 4.18. The molecule has 2 aromatic rings. The number of hydrogen-bond acceptors (Lipinski definition) is 3. The van der Waals surface area contributed by atoms with Crippen molar-refractivity contribution in [3.63, 3.8) is 0 Å². The maximum absolute atomic E-state index is 14.2. The Morgan fingerprint density at radius 2 is 2.16 bits per heavy atom. The highest BCUT2D eigenvalue weighted by Gasteiger charge is 2.23. The molecule has 1 aromatic heterocycles. The summed E-state index contributed by atoms with van der Waals surface area (Å²) >= 11 is 1.64. The fraction of sp³-hybridized carbons (Fsp3) is 0.333. The normalized spacial score (nSPS) is 12.4. The van der Waals surface area contributed by atoms with Crippen LogP contribution in [0.1, 0.15) is 29.0 Å². The molecule has 0 saturated heterocycles. The van der Waals surface area contributed by atoms with E-state index in [4.69, 9.17) is 4.74 Å². The zero-order valence-electron chi connectivity index (χ0n) is 11.4. The van der Waals surface area contributed by atoms with E-state index >= 15 is 0 Å². The zero-order chi connectivity index (χ0) is 13.8. The average molecular weight is 279 g/mol. The van der Waals surface area contributed by atoms with E-state index < -0.39 is 0 Å². The minimum atomic E-state index is -0.238. The lowest BCUT2D eigenvalue weighted by Crippen LogP contribution is -2.23. The lowest BCUT2D eigenvalue weighted by molar-refractivity contribution is 0.397. The molecule has 102 valence electrons. The van der Waals surface area contributed by atoms with Gasteiger partial charge in [0.25, 0.3) is 0 Å². The van der Waals surface area contributed by atoms with Gasteiger partial charge in [-0.1, -0.05) is 13.0 Å². The minimum Gasteiger partial charge on any atom is -0.496 e. The van der Waals surface area contributed by atoms with Crippen molar-refractivity contribution in [1.29, 1.82) is 0 Å². The predicted octanol–water partition coefficient (Wildman–Crippen LogP) is 3.90. The molecule has 0 spiro atoms. The van der Waals surface area contributed by atoms with Crippen molar-refractivity contribution < 1.29 is 9.13 Å². The van der Waals surface area contributed by atoms with E-state index in [2.05, 4.69) is 11.4 Å². The summed E-state index contributed by atoms with van der Waals surface area (Å²) in [6.07, 6.45) is 0. The van der Waals surface area contributed by atoms with Crippen LogP contribution in [0.2, 0.25) is 0 Å². The summed E-state index contributed by atoms with van der Waals surface area (Å²) in [5.41, 5.74) is 1.75. The third-order valence-electron chi connectivity index (χ3n) is 3.09. The maximum Gasteiger partial charge on any atom is 0.132 e. The highest BCUT2D eigenvalue weighted by Crippen LogP contribution is 2.35. The van der Waals surface area contributed by atoms with Crippen molar-refractivity contribution in [2.75, 3.05) is 13.7 Å². The number of rotatable bonds is 5. The Balaban J connectivity index is 2.54. The molecule has 1 unspecified atom stereocenters. The molecule has 1 heterocycles. The number of aryl methyl sites for hydroxylation is 1. The van der Waals surface area contributed by atoms with Gasteiger partial charge in [-0.3, -0.25) is 0 Å². The van der Waals surface area contributed by atoms with Crippen LogP contribution in [-0.2, 0) is 0 Å². The van der Waals surface area contributed by atoms with E-state index in [0.717, 1.165) is 11.4 Å². The van der Waals surface area contributed by atoms with Crippen LogP contribution in [0.25, 0.3) is 0 Å². The fourth-order valence-corrected chi connectivity index (χ4v) is 3.20. The number of methoxy groups -OCH3 is 1. The van der Waals surface area contributed by atoms with Gasteiger partial charge in [0.1, 0.15) is 11.6 Å². The second-order valence-electron chi connectivity index (χ2n) is 4.31. The minimum absolute atomic E-state index is 0.166. The zero-order valence-corrected chi connectivity index (χ0v) is 12.2. The molecule has 0 aliphatic heterocycles. The van der Waals surface area contributed by atoms with Crippen LogP contribution in [0.15, 0.2) is 29.6 Å². The van der Waals surface area contributed by atoms with Crippen LogP contribution < -0.4 is 10.1 Å². The Morgan fingerprint density at radius 1 is 1.37 bits per heavy atom. The molecule has 2 rings (SSSR count). The van der Waals surface area contributed by atoms with E-state index in [1.165, 1.54) is 11.6 Å². The highest BCUT2D eigenvalue weighted by molar-refractivity contribution is 7.10. The summed E-state index contributed by atoms with van der Waals surface area (Å²) in [5, 5.41) is 5.38. The van der Waals surface area contributed by atoms with Gasteiger partial charge < -0.3 is 10.1 Å². The highest BCUT2D eigenvalue weighted by atomic mass is 32.1. The van der Waals surface area contributed by atoms with Crippen LogP contribution in [-0.4, -0.2) is 13.7 Å². The van der Waals surface area contributed by atoms with Crippen LogP contribution in [0.5, 0.6) is 5.75 Å². The first-order chi connectivity index (χ1) is 9.19. The summed E-state index contributed by atoms with van der Waals surface area (Å²) in [6.45, 7) is 4.83. The van der Waals surface area contributed by atoms with Crippen molar-refractivity contribution in [3.05, 3.63) is 51.5 Å². The van der Waals surface area contributed by atoms with Crippen LogP contribution in [0.4, 0.5) is 4.39 Å². The molecule has 2 nitrogen and oxygen atoms in total. The summed E-state index contributed by atoms with van der Waals surface area (Å²) in [5.74, 6) is 0.344. The number of nitrogens with one attached hydrogen (secondary N) is 1. The van der Waals surface area contributed by atoms with Crippen molar-refractivity contribution in [3.8, 4) is 5.75 Å². The number of benzene rings is 1. The van der Waals surface area contributed by atoms with Gasteiger partial charge >= 0.3 is 0 Å². The second kappa shape index (κ2) is 6.17. The molecule has 0 aliphatic carbocycles. The summed E-state index contributed by atoms with van der Waals surface area (Å²) < 4.78 is 19.5. The van der Waals surface area contributed by atoms with Gasteiger partial charge in [0, 0.05) is 4.88 Å². The molecule has 4 heteroatoms. The summed E-state index contributed by atoms with van der Waals surface area (Å²) in [4.78, 5) is 1.13. The summed E-state index contributed by atoms with van der Waals surface area (Å²) in [7, 11) is 1.57. The number of ether oxygens (including phenoxy) is 1. The standard InChI is InChI=1S/C15H18FNOS/c1-4-17-14(15-10(2)8-9-19-15)13-11(16)6-5-7-12(13)18-3/h5-9,14,17H,4H2,1-3H3. The Bertz CT molecular complexity index is 553. The maximum atomic E-state index is 14.2. The molecule has 0 aliphatic rings. The van der Waals surface area contributed by atoms with Crippen molar-refractivity contribution in [1.82, 2.24) is 5.32 Å². The van der Waals surface area contributed by atoms with Crippen molar-refractivity contribution in [2.24, 2.45) is 0 Å². The van der Waals surface area contributed by atoms with Crippen LogP contribution in [0.3, 0.4) is 0 Å². The average Bonchev–Trinajstić information content (AvgIpc) is 2.82. The Morgan fingerprint density at radius 3 is 2.74 bits per heavy atom. The quantitative estimate of drug-likeness (QED) is 0.896. The molecule has 1 N–H and O–H groups in total. The molecule has 0 radical (unpaired) electrons. The van der Waals surface area contributed by atoms with Crippen LogP contribution in [0, 0.1) is 12.7 Å². The van der Waals surface area contributed by atoms with E-state index in [-0.39, 0.29) is 11.9 Å². The second-order valence-corrected chi connectivity index (χ2v) is 5.26. The first kappa shape index (κ1) is 14.0. The molecule has 19 heavy (non-hydrogen) atoms. The fourth-order valence-electron chi connectivity index (χ4n) is 2.19. The molecule has 1 aromatic carbocycles. The van der Waals surface area contributed by atoms with Crippen molar-refractivity contribution >= 4 is 11.3 Å². The van der Waals surface area contributed by atoms with Gasteiger partial charge in [-0.2, -0.15) is 0 Å². The molecule has 0 saturated carbocycles. The largest absolute Gasteiger partial charge is 0.496 e. The number of hydrogen-bond donors (Lipinski definition) is 1. The van der Waals surface area contributed by atoms with Gasteiger partial charge in [-0.15, -0.1) is 11.3 Å². The first-order valence-corrected chi connectivity index (χ1v) is 7.16. The van der Waals surface area contributed by atoms with E-state index in [1.807, 2.05) is 19.2 Å². The van der Waals surface area contributed by atoms with Gasteiger partial charge in [0.2, 0.25) is 0 Å². The van der Waals surface area contributed by atoms with Gasteiger partial charge in [0.15, 0.2) is 0 Å². The summed E-state index contributed by atoms with van der Waals surface area (Å²) in [6, 6.07) is 6.83. The number of thiophene rings is 1. The topological polar surface area (TPSA) is 21.3 Å². The third kappa shape index (κ3) is 2.80. The molecule has 0 fully saturated rings. The van der Waals surface area contributed by atoms with Gasteiger partial charge in [-0.25, -0.2) is 4.39 Å². The molecular weight excluding hydrogens is 261 g/mol. The van der Waals surface area contributed by atoms with E-state index in [1.54, 1.807) is 30.6 Å². The molecular formula is C15H18FNOS.